The van der Waals surface area contributed by atoms with Crippen molar-refractivity contribution in [3.63, 3.8) is 0 Å². The van der Waals surface area contributed by atoms with Crippen molar-refractivity contribution in [2.45, 2.75) is 50.4 Å². The zero-order valence-electron chi connectivity index (χ0n) is 14.7. The van der Waals surface area contributed by atoms with Crippen LogP contribution in [-0.2, 0) is 13.1 Å². The van der Waals surface area contributed by atoms with Crippen LogP contribution in [-0.4, -0.2) is 36.8 Å². The number of nitrogens with zero attached hydrogens (tertiary/aromatic N) is 5. The van der Waals surface area contributed by atoms with E-state index >= 15 is 0 Å². The second-order valence-corrected chi connectivity index (χ2v) is 7.49. The van der Waals surface area contributed by atoms with Gasteiger partial charge in [0, 0.05) is 42.9 Å². The normalized spacial score (nSPS) is 25.8. The van der Waals surface area contributed by atoms with E-state index in [0.717, 1.165) is 55.3 Å². The molecule has 3 atom stereocenters. The molecule has 1 aliphatic heterocycles. The fraction of sp³-hybridized carbons (Fsp3) is 0.421. The summed E-state index contributed by atoms with van der Waals surface area (Å²) >= 11 is 0. The molecule has 0 saturated heterocycles. The highest BCUT2D eigenvalue weighted by Gasteiger charge is 2.37. The average Bonchev–Trinajstić information content (AvgIpc) is 3.22. The molecular weight excluding hydrogens is 350 g/mol. The molecule has 3 heterocycles. The van der Waals surface area contributed by atoms with Gasteiger partial charge in [0.2, 0.25) is 0 Å². The molecule has 2 aliphatic rings. The third-order valence-corrected chi connectivity index (χ3v) is 5.92. The lowest BCUT2D eigenvalue weighted by atomic mass is 9.77. The van der Waals surface area contributed by atoms with Crippen LogP contribution < -0.4 is 5.73 Å². The summed E-state index contributed by atoms with van der Waals surface area (Å²) in [5, 5.41) is 8.71. The predicted octanol–water partition coefficient (Wildman–Crippen LogP) is 2.38. The lowest BCUT2D eigenvalue weighted by Crippen LogP contribution is -2.44. The van der Waals surface area contributed by atoms with Gasteiger partial charge in [0.1, 0.15) is 11.6 Å². The summed E-state index contributed by atoms with van der Waals surface area (Å²) in [5.41, 5.74) is 9.73. The summed E-state index contributed by atoms with van der Waals surface area (Å²) in [4.78, 5) is 6.75. The fourth-order valence-corrected chi connectivity index (χ4v) is 4.58. The molecule has 5 rings (SSSR count). The van der Waals surface area contributed by atoms with Crippen LogP contribution in [0.3, 0.4) is 0 Å². The Morgan fingerprint density at radius 2 is 2.00 bits per heavy atom. The van der Waals surface area contributed by atoms with Gasteiger partial charge in [-0.25, -0.2) is 13.8 Å². The third kappa shape index (κ3) is 2.80. The summed E-state index contributed by atoms with van der Waals surface area (Å²) in [6, 6.07) is 3.73. The first-order valence-electron chi connectivity index (χ1n) is 9.22. The SMILES string of the molecule is N[C@H]1C[C@@H](N2Cc3nn4nccnc4c3C2)CCC1c1cc(F)ccc1F. The number of hydrogen-bond acceptors (Lipinski definition) is 5. The van der Waals surface area contributed by atoms with Crippen molar-refractivity contribution in [2.75, 3.05) is 0 Å². The Hall–Kier alpha value is -2.45. The molecule has 2 aromatic heterocycles. The average molecular weight is 370 g/mol. The number of fused-ring (bicyclic) bond motifs is 3. The summed E-state index contributed by atoms with van der Waals surface area (Å²) < 4.78 is 29.3. The standard InChI is InChI=1S/C19H20F2N6/c20-11-1-4-16(21)14(7-11)13-3-2-12(8-17(13)22)26-9-15-18(10-26)25-27-19(15)23-5-6-24-27/h1,4-7,12-13,17H,2-3,8-10,22H2/t12-,13?,17-/m0/s1. The van der Waals surface area contributed by atoms with Crippen LogP contribution >= 0.6 is 0 Å². The molecule has 140 valence electrons. The zero-order chi connectivity index (χ0) is 18.5. The molecule has 6 nitrogen and oxygen atoms in total. The molecule has 2 N–H and O–H groups in total. The molecule has 1 unspecified atom stereocenters. The Morgan fingerprint density at radius 3 is 2.85 bits per heavy atom. The van der Waals surface area contributed by atoms with Crippen LogP contribution in [0, 0.1) is 11.6 Å². The summed E-state index contributed by atoms with van der Waals surface area (Å²) in [7, 11) is 0. The Labute approximate surface area is 155 Å². The first kappa shape index (κ1) is 16.7. The summed E-state index contributed by atoms with van der Waals surface area (Å²) in [5.74, 6) is -0.936. The van der Waals surface area contributed by atoms with Crippen molar-refractivity contribution in [1.29, 1.82) is 0 Å². The van der Waals surface area contributed by atoms with Crippen LogP contribution in [0.1, 0.15) is 42.0 Å². The van der Waals surface area contributed by atoms with Crippen LogP contribution in [0.4, 0.5) is 8.78 Å². The maximum absolute atomic E-state index is 14.2. The molecule has 1 fully saturated rings. The van der Waals surface area contributed by atoms with Gasteiger partial charge in [-0.1, -0.05) is 0 Å². The molecule has 0 radical (unpaired) electrons. The third-order valence-electron chi connectivity index (χ3n) is 5.92. The van der Waals surface area contributed by atoms with Crippen molar-refractivity contribution >= 4 is 5.65 Å². The lowest BCUT2D eigenvalue weighted by Gasteiger charge is -2.38. The van der Waals surface area contributed by atoms with E-state index in [2.05, 4.69) is 20.1 Å². The van der Waals surface area contributed by atoms with Gasteiger partial charge < -0.3 is 5.73 Å². The first-order chi connectivity index (χ1) is 13.1. The largest absolute Gasteiger partial charge is 0.327 e. The number of hydrogen-bond donors (Lipinski definition) is 1. The molecule has 1 aliphatic carbocycles. The Bertz CT molecular complexity index is 1000. The Kier molecular flexibility index (Phi) is 3.91. The van der Waals surface area contributed by atoms with Crippen molar-refractivity contribution in [1.82, 2.24) is 24.7 Å². The molecule has 3 aromatic rings. The minimum absolute atomic E-state index is 0.147. The molecule has 8 heteroatoms. The maximum Gasteiger partial charge on any atom is 0.180 e. The van der Waals surface area contributed by atoms with Gasteiger partial charge in [-0.3, -0.25) is 4.90 Å². The van der Waals surface area contributed by atoms with E-state index in [9.17, 15) is 8.78 Å². The van der Waals surface area contributed by atoms with E-state index in [-0.39, 0.29) is 17.8 Å². The van der Waals surface area contributed by atoms with E-state index in [4.69, 9.17) is 5.73 Å². The number of nitrogens with two attached hydrogens (primary N) is 1. The van der Waals surface area contributed by atoms with Crippen molar-refractivity contribution < 1.29 is 8.78 Å². The second-order valence-electron chi connectivity index (χ2n) is 7.49. The van der Waals surface area contributed by atoms with E-state index in [1.54, 1.807) is 17.0 Å². The van der Waals surface area contributed by atoms with Gasteiger partial charge in [0.05, 0.1) is 11.9 Å². The van der Waals surface area contributed by atoms with Crippen molar-refractivity contribution in [3.8, 4) is 0 Å². The molecule has 1 aromatic carbocycles. The molecular formula is C19H20F2N6. The quantitative estimate of drug-likeness (QED) is 0.750. The lowest BCUT2D eigenvalue weighted by molar-refractivity contribution is 0.136. The van der Waals surface area contributed by atoms with Crippen LogP contribution in [0.2, 0.25) is 0 Å². The van der Waals surface area contributed by atoms with Crippen molar-refractivity contribution in [3.05, 3.63) is 59.0 Å². The van der Waals surface area contributed by atoms with Gasteiger partial charge in [-0.05, 0) is 43.0 Å². The molecule has 0 spiro atoms. The van der Waals surface area contributed by atoms with E-state index in [1.807, 2.05) is 0 Å². The van der Waals surface area contributed by atoms with Crippen molar-refractivity contribution in [2.24, 2.45) is 5.73 Å². The molecule has 0 bridgehead atoms. The summed E-state index contributed by atoms with van der Waals surface area (Å²) in [6.07, 6.45) is 5.69. The van der Waals surface area contributed by atoms with E-state index in [0.29, 0.717) is 11.6 Å². The number of aromatic nitrogens is 4. The molecule has 0 amide bonds. The first-order valence-corrected chi connectivity index (χ1v) is 9.22. The topological polar surface area (TPSA) is 72.3 Å². The van der Waals surface area contributed by atoms with E-state index in [1.165, 1.54) is 12.1 Å². The van der Waals surface area contributed by atoms with Gasteiger partial charge in [0.15, 0.2) is 5.65 Å². The Morgan fingerprint density at radius 1 is 1.11 bits per heavy atom. The minimum atomic E-state index is -0.417. The molecule has 27 heavy (non-hydrogen) atoms. The molecule has 1 saturated carbocycles. The predicted molar refractivity (Wildman–Crippen MR) is 94.7 cm³/mol. The monoisotopic (exact) mass is 370 g/mol. The second kappa shape index (κ2) is 6.31. The highest BCUT2D eigenvalue weighted by molar-refractivity contribution is 5.50. The highest BCUT2D eigenvalue weighted by Crippen LogP contribution is 2.38. The highest BCUT2D eigenvalue weighted by atomic mass is 19.1. The van der Waals surface area contributed by atoms with Gasteiger partial charge >= 0.3 is 0 Å². The van der Waals surface area contributed by atoms with Gasteiger partial charge in [-0.2, -0.15) is 10.2 Å². The number of halogens is 2. The van der Waals surface area contributed by atoms with Gasteiger partial charge in [-0.15, -0.1) is 4.63 Å². The van der Waals surface area contributed by atoms with Crippen LogP contribution in [0.15, 0.2) is 30.6 Å². The maximum atomic E-state index is 14.2. The number of rotatable bonds is 2. The smallest absolute Gasteiger partial charge is 0.180 e. The van der Waals surface area contributed by atoms with Crippen LogP contribution in [0.25, 0.3) is 5.65 Å². The fourth-order valence-electron chi connectivity index (χ4n) is 4.58. The van der Waals surface area contributed by atoms with Crippen LogP contribution in [0.5, 0.6) is 0 Å². The minimum Gasteiger partial charge on any atom is -0.327 e. The zero-order valence-corrected chi connectivity index (χ0v) is 14.7. The van der Waals surface area contributed by atoms with E-state index < -0.39 is 5.82 Å². The Balaban J connectivity index is 1.32. The summed E-state index contributed by atoms with van der Waals surface area (Å²) in [6.45, 7) is 1.52. The van der Waals surface area contributed by atoms with Gasteiger partial charge in [0.25, 0.3) is 0 Å². The number of benzene rings is 1.